The van der Waals surface area contributed by atoms with E-state index in [9.17, 15) is 0 Å². The van der Waals surface area contributed by atoms with E-state index < -0.39 is 0 Å². The van der Waals surface area contributed by atoms with Crippen molar-refractivity contribution in [3.05, 3.63) is 35.5 Å². The number of H-pyrrole nitrogens is 1. The number of hydrogen-bond donors (Lipinski definition) is 2. The zero-order valence-electron chi connectivity index (χ0n) is 10.4. The van der Waals surface area contributed by atoms with Gasteiger partial charge in [0.1, 0.15) is 0 Å². The second kappa shape index (κ2) is 4.19. The summed E-state index contributed by atoms with van der Waals surface area (Å²) in [4.78, 5) is 3.45. The van der Waals surface area contributed by atoms with Gasteiger partial charge in [0.05, 0.1) is 0 Å². The van der Waals surface area contributed by atoms with Crippen LogP contribution in [0, 0.1) is 12.8 Å². The molecule has 2 nitrogen and oxygen atoms in total. The summed E-state index contributed by atoms with van der Waals surface area (Å²) in [6.45, 7) is 2.14. The molecule has 1 aliphatic carbocycles. The third-order valence-electron chi connectivity index (χ3n) is 4.18. The average Bonchev–Trinajstić information content (AvgIpc) is 2.94. The standard InChI is InChI=1S/C15H20N2/c1-10-14(15(16)11-6-2-3-7-11)12-8-4-5-9-13(12)17-10/h4-5,8-9,11,15,17H,2-3,6-7,16H2,1H3/t15-/m0/s1. The lowest BCUT2D eigenvalue weighted by Gasteiger charge is -2.19. The Kier molecular flexibility index (Phi) is 2.67. The van der Waals surface area contributed by atoms with Crippen molar-refractivity contribution in [3.63, 3.8) is 0 Å². The summed E-state index contributed by atoms with van der Waals surface area (Å²) >= 11 is 0. The molecule has 1 aliphatic rings. The van der Waals surface area contributed by atoms with Gasteiger partial charge in [-0.15, -0.1) is 0 Å². The highest BCUT2D eigenvalue weighted by atomic mass is 14.8. The molecule has 0 aliphatic heterocycles. The number of benzene rings is 1. The Morgan fingerprint density at radius 1 is 1.24 bits per heavy atom. The van der Waals surface area contributed by atoms with E-state index in [0.29, 0.717) is 5.92 Å². The number of rotatable bonds is 2. The third-order valence-corrected chi connectivity index (χ3v) is 4.18. The van der Waals surface area contributed by atoms with Crippen molar-refractivity contribution in [1.82, 2.24) is 4.98 Å². The molecule has 1 aromatic carbocycles. The van der Waals surface area contributed by atoms with E-state index in [2.05, 4.69) is 36.2 Å². The molecule has 1 saturated carbocycles. The van der Waals surface area contributed by atoms with Gasteiger partial charge in [-0.25, -0.2) is 0 Å². The van der Waals surface area contributed by atoms with Crippen LogP contribution in [-0.2, 0) is 0 Å². The fourth-order valence-corrected chi connectivity index (χ4v) is 3.28. The monoisotopic (exact) mass is 228 g/mol. The largest absolute Gasteiger partial charge is 0.358 e. The molecule has 3 rings (SSSR count). The Labute approximate surface area is 102 Å². The molecule has 1 fully saturated rings. The summed E-state index contributed by atoms with van der Waals surface area (Å²) in [7, 11) is 0. The quantitative estimate of drug-likeness (QED) is 0.809. The summed E-state index contributed by atoms with van der Waals surface area (Å²) in [6.07, 6.45) is 5.28. The first-order valence-corrected chi connectivity index (χ1v) is 6.60. The van der Waals surface area contributed by atoms with E-state index in [1.54, 1.807) is 0 Å². The van der Waals surface area contributed by atoms with Gasteiger partial charge in [0.15, 0.2) is 0 Å². The molecule has 1 aromatic heterocycles. The van der Waals surface area contributed by atoms with E-state index in [1.165, 1.54) is 47.8 Å². The SMILES string of the molecule is Cc1[nH]c2ccccc2c1[C@@H](N)C1CCCC1. The van der Waals surface area contributed by atoms with E-state index >= 15 is 0 Å². The van der Waals surface area contributed by atoms with Crippen LogP contribution in [0.3, 0.4) is 0 Å². The maximum Gasteiger partial charge on any atom is 0.0459 e. The number of para-hydroxylation sites is 1. The van der Waals surface area contributed by atoms with Crippen molar-refractivity contribution in [2.24, 2.45) is 11.7 Å². The Hall–Kier alpha value is -1.28. The summed E-state index contributed by atoms with van der Waals surface area (Å²) < 4.78 is 0. The predicted molar refractivity (Wildman–Crippen MR) is 71.9 cm³/mol. The average molecular weight is 228 g/mol. The van der Waals surface area contributed by atoms with Crippen LogP contribution < -0.4 is 5.73 Å². The molecule has 0 unspecified atom stereocenters. The molecule has 2 aromatic rings. The van der Waals surface area contributed by atoms with Crippen molar-refractivity contribution in [2.75, 3.05) is 0 Å². The molecule has 0 radical (unpaired) electrons. The smallest absolute Gasteiger partial charge is 0.0459 e. The maximum atomic E-state index is 6.49. The summed E-state index contributed by atoms with van der Waals surface area (Å²) in [5.41, 5.74) is 10.3. The Balaban J connectivity index is 2.06. The number of nitrogens with one attached hydrogen (secondary N) is 1. The van der Waals surface area contributed by atoms with E-state index in [-0.39, 0.29) is 6.04 Å². The van der Waals surface area contributed by atoms with Crippen LogP contribution in [0.4, 0.5) is 0 Å². The number of aromatic amines is 1. The normalized spacial score (nSPS) is 18.9. The van der Waals surface area contributed by atoms with Crippen LogP contribution in [0.25, 0.3) is 10.9 Å². The van der Waals surface area contributed by atoms with Gasteiger partial charge < -0.3 is 10.7 Å². The highest BCUT2D eigenvalue weighted by molar-refractivity contribution is 5.85. The Morgan fingerprint density at radius 3 is 2.71 bits per heavy atom. The number of fused-ring (bicyclic) bond motifs is 1. The fraction of sp³-hybridized carbons (Fsp3) is 0.467. The zero-order chi connectivity index (χ0) is 11.8. The van der Waals surface area contributed by atoms with Gasteiger partial charge >= 0.3 is 0 Å². The molecule has 0 bridgehead atoms. The first-order chi connectivity index (χ1) is 8.27. The Morgan fingerprint density at radius 2 is 1.94 bits per heavy atom. The summed E-state index contributed by atoms with van der Waals surface area (Å²) in [5.74, 6) is 0.674. The van der Waals surface area contributed by atoms with Crippen LogP contribution >= 0.6 is 0 Å². The van der Waals surface area contributed by atoms with Crippen molar-refractivity contribution in [2.45, 2.75) is 38.6 Å². The summed E-state index contributed by atoms with van der Waals surface area (Å²) in [6, 6.07) is 8.69. The van der Waals surface area contributed by atoms with E-state index in [1.807, 2.05) is 0 Å². The van der Waals surface area contributed by atoms with Gasteiger partial charge in [-0.2, -0.15) is 0 Å². The highest BCUT2D eigenvalue weighted by Gasteiger charge is 2.26. The third kappa shape index (κ3) is 1.77. The molecule has 0 spiro atoms. The molecule has 0 amide bonds. The van der Waals surface area contributed by atoms with Gasteiger partial charge in [0.2, 0.25) is 0 Å². The van der Waals surface area contributed by atoms with Crippen LogP contribution in [0.2, 0.25) is 0 Å². The lowest BCUT2D eigenvalue weighted by atomic mass is 9.91. The number of nitrogens with two attached hydrogens (primary N) is 1. The van der Waals surface area contributed by atoms with E-state index in [4.69, 9.17) is 5.73 Å². The topological polar surface area (TPSA) is 41.8 Å². The Bertz CT molecular complexity index is 521. The van der Waals surface area contributed by atoms with Crippen LogP contribution in [0.15, 0.2) is 24.3 Å². The molecule has 17 heavy (non-hydrogen) atoms. The van der Waals surface area contributed by atoms with Crippen molar-refractivity contribution < 1.29 is 0 Å². The highest BCUT2D eigenvalue weighted by Crippen LogP contribution is 2.38. The molecule has 1 heterocycles. The molecule has 3 N–H and O–H groups in total. The van der Waals surface area contributed by atoms with Crippen molar-refractivity contribution in [1.29, 1.82) is 0 Å². The molecule has 0 saturated heterocycles. The van der Waals surface area contributed by atoms with Gasteiger partial charge in [0, 0.05) is 22.6 Å². The molecule has 2 heteroatoms. The number of hydrogen-bond acceptors (Lipinski definition) is 1. The zero-order valence-corrected chi connectivity index (χ0v) is 10.4. The minimum atomic E-state index is 0.202. The second-order valence-corrected chi connectivity index (χ2v) is 5.28. The second-order valence-electron chi connectivity index (χ2n) is 5.28. The molecule has 1 atom stereocenters. The lowest BCUT2D eigenvalue weighted by Crippen LogP contribution is -2.19. The first-order valence-electron chi connectivity index (χ1n) is 6.60. The van der Waals surface area contributed by atoms with Crippen molar-refractivity contribution in [3.8, 4) is 0 Å². The summed E-state index contributed by atoms with van der Waals surface area (Å²) in [5, 5.41) is 1.31. The van der Waals surface area contributed by atoms with Gasteiger partial charge in [0.25, 0.3) is 0 Å². The van der Waals surface area contributed by atoms with Crippen LogP contribution in [0.1, 0.15) is 43.0 Å². The van der Waals surface area contributed by atoms with Crippen LogP contribution in [0.5, 0.6) is 0 Å². The van der Waals surface area contributed by atoms with Crippen molar-refractivity contribution >= 4 is 10.9 Å². The fourth-order valence-electron chi connectivity index (χ4n) is 3.28. The first kappa shape index (κ1) is 10.8. The minimum absolute atomic E-state index is 0.202. The number of aryl methyl sites for hydroxylation is 1. The lowest BCUT2D eigenvalue weighted by molar-refractivity contribution is 0.445. The van der Waals surface area contributed by atoms with Gasteiger partial charge in [-0.05, 0) is 37.3 Å². The number of aromatic nitrogens is 1. The minimum Gasteiger partial charge on any atom is -0.358 e. The maximum absolute atomic E-state index is 6.49. The van der Waals surface area contributed by atoms with Gasteiger partial charge in [-0.1, -0.05) is 31.0 Å². The molecule has 90 valence electrons. The van der Waals surface area contributed by atoms with Gasteiger partial charge in [-0.3, -0.25) is 0 Å². The van der Waals surface area contributed by atoms with Crippen LogP contribution in [-0.4, -0.2) is 4.98 Å². The predicted octanol–water partition coefficient (Wildman–Crippen LogP) is 3.67. The van der Waals surface area contributed by atoms with E-state index in [0.717, 1.165) is 0 Å². The molecular formula is C15H20N2. The molecular weight excluding hydrogens is 208 g/mol.